The van der Waals surface area contributed by atoms with Crippen molar-refractivity contribution in [3.63, 3.8) is 0 Å². The normalized spacial score (nSPS) is 10.4. The number of rotatable bonds is 5. The van der Waals surface area contributed by atoms with Crippen molar-refractivity contribution in [1.29, 1.82) is 0 Å². The predicted octanol–water partition coefficient (Wildman–Crippen LogP) is 5.45. The van der Waals surface area contributed by atoms with Crippen molar-refractivity contribution in [3.05, 3.63) is 63.6 Å². The Labute approximate surface area is 158 Å². The maximum absolute atomic E-state index is 12.3. The SMILES string of the molecule is COc1ccc(NC(=O)c2csc(Nc3cccc(Cl)c3)n2)cc1Cl. The molecule has 0 aliphatic heterocycles. The van der Waals surface area contributed by atoms with Gasteiger partial charge in [-0.1, -0.05) is 29.3 Å². The molecule has 8 heteroatoms. The Bertz CT molecular complexity index is 914. The summed E-state index contributed by atoms with van der Waals surface area (Å²) >= 11 is 13.3. The molecule has 0 aliphatic carbocycles. The largest absolute Gasteiger partial charge is 0.495 e. The first kappa shape index (κ1) is 17.5. The fourth-order valence-electron chi connectivity index (χ4n) is 2.06. The summed E-state index contributed by atoms with van der Waals surface area (Å²) < 4.78 is 5.08. The predicted molar refractivity (Wildman–Crippen MR) is 103 cm³/mol. The van der Waals surface area contributed by atoms with E-state index in [0.29, 0.717) is 32.3 Å². The van der Waals surface area contributed by atoms with Crippen molar-refractivity contribution in [1.82, 2.24) is 4.98 Å². The van der Waals surface area contributed by atoms with Crippen molar-refractivity contribution >= 4 is 57.0 Å². The van der Waals surface area contributed by atoms with Crippen LogP contribution in [-0.4, -0.2) is 18.0 Å². The van der Waals surface area contributed by atoms with Crippen LogP contribution in [0.15, 0.2) is 47.8 Å². The zero-order chi connectivity index (χ0) is 17.8. The standard InChI is InChI=1S/C17H13Cl2N3O2S/c1-24-15-6-5-12(8-13(15)19)20-16(23)14-9-25-17(22-14)21-11-4-2-3-10(18)7-11/h2-9H,1H3,(H,20,23)(H,21,22). The van der Waals surface area contributed by atoms with Crippen LogP contribution >= 0.6 is 34.5 Å². The fraction of sp³-hybridized carbons (Fsp3) is 0.0588. The molecule has 5 nitrogen and oxygen atoms in total. The highest BCUT2D eigenvalue weighted by Crippen LogP contribution is 2.28. The summed E-state index contributed by atoms with van der Waals surface area (Å²) in [6.45, 7) is 0. The minimum absolute atomic E-state index is 0.307. The highest BCUT2D eigenvalue weighted by Gasteiger charge is 2.12. The van der Waals surface area contributed by atoms with Gasteiger partial charge in [-0.25, -0.2) is 4.98 Å². The molecule has 25 heavy (non-hydrogen) atoms. The quantitative estimate of drug-likeness (QED) is 0.604. The third kappa shape index (κ3) is 4.42. The minimum atomic E-state index is -0.323. The topological polar surface area (TPSA) is 63.2 Å². The van der Waals surface area contributed by atoms with Gasteiger partial charge in [0, 0.05) is 21.8 Å². The molecule has 2 N–H and O–H groups in total. The van der Waals surface area contributed by atoms with Crippen molar-refractivity contribution in [2.75, 3.05) is 17.7 Å². The van der Waals surface area contributed by atoms with E-state index >= 15 is 0 Å². The first-order chi connectivity index (χ1) is 12.0. The van der Waals surface area contributed by atoms with Crippen LogP contribution in [0.1, 0.15) is 10.5 Å². The molecule has 1 heterocycles. The lowest BCUT2D eigenvalue weighted by molar-refractivity contribution is 0.102. The van der Waals surface area contributed by atoms with Gasteiger partial charge >= 0.3 is 0 Å². The maximum atomic E-state index is 12.3. The van der Waals surface area contributed by atoms with E-state index in [1.54, 1.807) is 35.7 Å². The molecule has 0 fully saturated rings. The molecule has 128 valence electrons. The number of anilines is 3. The van der Waals surface area contributed by atoms with Crippen LogP contribution < -0.4 is 15.4 Å². The average molecular weight is 394 g/mol. The Morgan fingerprint density at radius 2 is 2.00 bits per heavy atom. The summed E-state index contributed by atoms with van der Waals surface area (Å²) in [6.07, 6.45) is 0. The van der Waals surface area contributed by atoms with Crippen LogP contribution in [0.4, 0.5) is 16.5 Å². The monoisotopic (exact) mass is 393 g/mol. The first-order valence-electron chi connectivity index (χ1n) is 7.18. The van der Waals surface area contributed by atoms with Gasteiger partial charge in [0.15, 0.2) is 5.13 Å². The van der Waals surface area contributed by atoms with Gasteiger partial charge in [0.2, 0.25) is 0 Å². The summed E-state index contributed by atoms with van der Waals surface area (Å²) in [7, 11) is 1.53. The number of nitrogens with one attached hydrogen (secondary N) is 2. The van der Waals surface area contributed by atoms with Gasteiger partial charge in [-0.3, -0.25) is 4.79 Å². The molecule has 0 unspecified atom stereocenters. The molecule has 0 atom stereocenters. The van der Waals surface area contributed by atoms with E-state index in [1.165, 1.54) is 18.4 Å². The zero-order valence-electron chi connectivity index (χ0n) is 13.0. The second kappa shape index (κ2) is 7.74. The summed E-state index contributed by atoms with van der Waals surface area (Å²) in [5.74, 6) is 0.220. The van der Waals surface area contributed by atoms with Crippen LogP contribution in [-0.2, 0) is 0 Å². The lowest BCUT2D eigenvalue weighted by Gasteiger charge is -2.07. The summed E-state index contributed by atoms with van der Waals surface area (Å²) in [5, 5.41) is 9.18. The number of hydrogen-bond donors (Lipinski definition) is 2. The molecule has 1 amide bonds. The number of carbonyl (C=O) groups excluding carboxylic acids is 1. The molecule has 3 aromatic rings. The van der Waals surface area contributed by atoms with Crippen LogP contribution in [0, 0.1) is 0 Å². The molecule has 3 rings (SSSR count). The number of halogens is 2. The van der Waals surface area contributed by atoms with E-state index < -0.39 is 0 Å². The molecular weight excluding hydrogens is 381 g/mol. The molecule has 0 spiro atoms. The van der Waals surface area contributed by atoms with Gasteiger partial charge in [0.1, 0.15) is 11.4 Å². The molecule has 0 saturated heterocycles. The number of thiazole rings is 1. The Morgan fingerprint density at radius 1 is 1.16 bits per heavy atom. The Balaban J connectivity index is 1.69. The third-order valence-electron chi connectivity index (χ3n) is 3.22. The molecule has 0 bridgehead atoms. The fourth-order valence-corrected chi connectivity index (χ4v) is 3.22. The lowest BCUT2D eigenvalue weighted by Crippen LogP contribution is -2.12. The van der Waals surface area contributed by atoms with Gasteiger partial charge < -0.3 is 15.4 Å². The maximum Gasteiger partial charge on any atom is 0.275 e. The Morgan fingerprint density at radius 3 is 2.72 bits per heavy atom. The number of methoxy groups -OCH3 is 1. The van der Waals surface area contributed by atoms with Gasteiger partial charge in [0.05, 0.1) is 12.1 Å². The van der Waals surface area contributed by atoms with Crippen LogP contribution in [0.3, 0.4) is 0 Å². The van der Waals surface area contributed by atoms with Crippen molar-refractivity contribution in [3.8, 4) is 5.75 Å². The van der Waals surface area contributed by atoms with Crippen LogP contribution in [0.2, 0.25) is 10.0 Å². The summed E-state index contributed by atoms with van der Waals surface area (Å²) in [4.78, 5) is 16.6. The van der Waals surface area contributed by atoms with E-state index in [-0.39, 0.29) is 5.91 Å². The van der Waals surface area contributed by atoms with E-state index in [2.05, 4.69) is 15.6 Å². The van der Waals surface area contributed by atoms with Crippen LogP contribution in [0.5, 0.6) is 5.75 Å². The number of nitrogens with zero attached hydrogens (tertiary/aromatic N) is 1. The third-order valence-corrected chi connectivity index (χ3v) is 4.51. The molecular formula is C17H13Cl2N3O2S. The van der Waals surface area contributed by atoms with Gasteiger partial charge in [0.25, 0.3) is 5.91 Å². The summed E-state index contributed by atoms with van der Waals surface area (Å²) in [6, 6.07) is 12.3. The van der Waals surface area contributed by atoms with Crippen molar-refractivity contribution in [2.24, 2.45) is 0 Å². The van der Waals surface area contributed by atoms with E-state index in [4.69, 9.17) is 27.9 Å². The lowest BCUT2D eigenvalue weighted by atomic mass is 10.3. The molecule has 0 aliphatic rings. The second-order valence-corrected chi connectivity index (χ2v) is 6.68. The first-order valence-corrected chi connectivity index (χ1v) is 8.82. The highest BCUT2D eigenvalue weighted by molar-refractivity contribution is 7.14. The van der Waals surface area contributed by atoms with Crippen LogP contribution in [0.25, 0.3) is 0 Å². The van der Waals surface area contributed by atoms with E-state index in [1.807, 2.05) is 12.1 Å². The van der Waals surface area contributed by atoms with E-state index in [0.717, 1.165) is 5.69 Å². The molecule has 0 radical (unpaired) electrons. The second-order valence-electron chi connectivity index (χ2n) is 4.98. The zero-order valence-corrected chi connectivity index (χ0v) is 15.4. The van der Waals surface area contributed by atoms with Crippen molar-refractivity contribution in [2.45, 2.75) is 0 Å². The molecule has 2 aromatic carbocycles. The number of ether oxygens (including phenoxy) is 1. The molecule has 1 aromatic heterocycles. The summed E-state index contributed by atoms with van der Waals surface area (Å²) in [5.41, 5.74) is 1.67. The minimum Gasteiger partial charge on any atom is -0.495 e. The Kier molecular flexibility index (Phi) is 5.43. The number of hydrogen-bond acceptors (Lipinski definition) is 5. The highest BCUT2D eigenvalue weighted by atomic mass is 35.5. The number of amides is 1. The van der Waals surface area contributed by atoms with Gasteiger partial charge in [-0.2, -0.15) is 0 Å². The van der Waals surface area contributed by atoms with E-state index in [9.17, 15) is 4.79 Å². The number of aromatic nitrogens is 1. The van der Waals surface area contributed by atoms with Crippen molar-refractivity contribution < 1.29 is 9.53 Å². The molecule has 0 saturated carbocycles. The Hall–Kier alpha value is -2.28. The average Bonchev–Trinajstić information content (AvgIpc) is 3.04. The van der Waals surface area contributed by atoms with Gasteiger partial charge in [-0.05, 0) is 36.4 Å². The smallest absolute Gasteiger partial charge is 0.275 e. The van der Waals surface area contributed by atoms with Gasteiger partial charge in [-0.15, -0.1) is 11.3 Å². The number of benzene rings is 2. The number of carbonyl (C=O) groups is 1.